The molecule has 0 fully saturated rings. The van der Waals surface area contributed by atoms with Crippen LogP contribution >= 0.6 is 11.6 Å². The zero-order chi connectivity index (χ0) is 30.4. The van der Waals surface area contributed by atoms with E-state index in [4.69, 9.17) is 22.1 Å². The van der Waals surface area contributed by atoms with E-state index in [9.17, 15) is 27.2 Å². The van der Waals surface area contributed by atoms with E-state index in [0.29, 0.717) is 19.5 Å². The third kappa shape index (κ3) is 6.75. The van der Waals surface area contributed by atoms with E-state index in [-0.39, 0.29) is 28.4 Å². The fourth-order valence-electron chi connectivity index (χ4n) is 4.68. The van der Waals surface area contributed by atoms with E-state index in [1.165, 1.54) is 13.2 Å². The average Bonchev–Trinajstić information content (AvgIpc) is 2.97. The van der Waals surface area contributed by atoms with Gasteiger partial charge in [0.05, 0.1) is 42.4 Å². The molecule has 1 unspecified atom stereocenters. The van der Waals surface area contributed by atoms with Gasteiger partial charge in [-0.1, -0.05) is 60.1 Å². The quantitative estimate of drug-likeness (QED) is 0.181. The molecule has 1 atom stereocenters. The second kappa shape index (κ2) is 13.4. The maximum atomic E-state index is 14.8. The van der Waals surface area contributed by atoms with Crippen molar-refractivity contribution in [3.8, 4) is 16.9 Å². The van der Waals surface area contributed by atoms with Crippen LogP contribution in [-0.2, 0) is 19.3 Å². The molecule has 0 aliphatic carbocycles. The van der Waals surface area contributed by atoms with Gasteiger partial charge >= 0.3 is 11.9 Å². The molecule has 3 aromatic carbocycles. The first-order valence-corrected chi connectivity index (χ1v) is 13.4. The molecular weight excluding hydrogens is 576 g/mol. The minimum Gasteiger partial charge on any atom is -0.495 e. The Bertz CT molecular complexity index is 1660. The lowest BCUT2D eigenvalue weighted by atomic mass is 10.0. The number of halogens is 5. The Balaban J connectivity index is 1.94. The van der Waals surface area contributed by atoms with Crippen LogP contribution in [0.5, 0.6) is 5.75 Å². The summed E-state index contributed by atoms with van der Waals surface area (Å²) in [4.78, 5) is 27.7. The summed E-state index contributed by atoms with van der Waals surface area (Å²) in [5.74, 6) is -0.891. The van der Waals surface area contributed by atoms with Crippen LogP contribution < -0.4 is 27.0 Å². The van der Waals surface area contributed by atoms with Gasteiger partial charge < -0.3 is 15.8 Å². The lowest BCUT2D eigenvalue weighted by Gasteiger charge is -2.22. The summed E-state index contributed by atoms with van der Waals surface area (Å²) in [7, 11) is 1.39. The molecular formula is C30H29ClF4N4O3. The molecule has 0 aliphatic rings. The van der Waals surface area contributed by atoms with Gasteiger partial charge in [0.25, 0.3) is 5.56 Å². The van der Waals surface area contributed by atoms with Gasteiger partial charge in [0, 0.05) is 17.3 Å². The predicted octanol–water partition coefficient (Wildman–Crippen LogP) is 5.22. The largest absolute Gasteiger partial charge is 0.495 e. The molecule has 0 spiro atoms. The number of alkyl halides is 3. The number of nitrogens with two attached hydrogens (primary N) is 1. The molecule has 42 heavy (non-hydrogen) atoms. The Morgan fingerprint density at radius 2 is 1.71 bits per heavy atom. The van der Waals surface area contributed by atoms with E-state index in [1.54, 1.807) is 24.3 Å². The van der Waals surface area contributed by atoms with Crippen molar-refractivity contribution in [2.45, 2.75) is 31.7 Å². The van der Waals surface area contributed by atoms with Gasteiger partial charge in [-0.3, -0.25) is 13.9 Å². The Hall–Kier alpha value is -3.93. The second-order valence-electron chi connectivity index (χ2n) is 9.51. The standard InChI is InChI=1S/C30H29ClF4N4O3/c1-42-26-13-5-10-20(27(26)31)21-16-38(17-22-23(30(33,34)35)11-6-12-24(22)32)29(41)39(28(21)40)18-25(37-15-7-14-36)19-8-3-2-4-9-19/h2-6,8-13,16,25,37H,7,14-15,17-18,36H2,1H3. The number of hydrogen-bond donors (Lipinski definition) is 2. The maximum Gasteiger partial charge on any atom is 0.416 e. The molecule has 0 saturated heterocycles. The predicted molar refractivity (Wildman–Crippen MR) is 153 cm³/mol. The summed E-state index contributed by atoms with van der Waals surface area (Å²) in [5, 5.41) is 3.36. The first-order valence-electron chi connectivity index (χ1n) is 13.1. The summed E-state index contributed by atoms with van der Waals surface area (Å²) < 4.78 is 63.3. The Morgan fingerprint density at radius 1 is 1.00 bits per heavy atom. The molecule has 1 heterocycles. The summed E-state index contributed by atoms with van der Waals surface area (Å²) in [6.45, 7) is -0.0727. The summed E-state index contributed by atoms with van der Waals surface area (Å²) in [6.07, 6.45) is -3.15. The molecule has 0 aliphatic heterocycles. The normalized spacial score (nSPS) is 12.4. The zero-order valence-electron chi connectivity index (χ0n) is 22.6. The van der Waals surface area contributed by atoms with E-state index >= 15 is 0 Å². The van der Waals surface area contributed by atoms with Crippen LogP contribution in [-0.4, -0.2) is 29.3 Å². The van der Waals surface area contributed by atoms with Crippen molar-refractivity contribution in [3.05, 3.63) is 121 Å². The van der Waals surface area contributed by atoms with Crippen molar-refractivity contribution >= 4 is 11.6 Å². The summed E-state index contributed by atoms with van der Waals surface area (Å²) in [6, 6.07) is 15.8. The highest BCUT2D eigenvalue weighted by molar-refractivity contribution is 6.34. The van der Waals surface area contributed by atoms with Gasteiger partial charge in [-0.25, -0.2) is 9.18 Å². The number of aromatic nitrogens is 2. The third-order valence-electron chi connectivity index (χ3n) is 6.80. The number of methoxy groups -OCH3 is 1. The lowest BCUT2D eigenvalue weighted by molar-refractivity contribution is -0.138. The van der Waals surface area contributed by atoms with Crippen LogP contribution in [0.15, 0.2) is 82.5 Å². The molecule has 4 aromatic rings. The van der Waals surface area contributed by atoms with Crippen molar-refractivity contribution in [1.29, 1.82) is 0 Å². The molecule has 1 aromatic heterocycles. The molecule has 3 N–H and O–H groups in total. The van der Waals surface area contributed by atoms with Gasteiger partial charge in [-0.15, -0.1) is 0 Å². The number of hydrogen-bond acceptors (Lipinski definition) is 5. The molecule has 7 nitrogen and oxygen atoms in total. The van der Waals surface area contributed by atoms with Crippen LogP contribution in [0.2, 0.25) is 5.02 Å². The minimum absolute atomic E-state index is 0.0661. The van der Waals surface area contributed by atoms with Crippen LogP contribution in [0.4, 0.5) is 17.6 Å². The van der Waals surface area contributed by atoms with Crippen molar-refractivity contribution in [2.75, 3.05) is 20.2 Å². The Kier molecular flexibility index (Phi) is 9.87. The first-order chi connectivity index (χ1) is 20.1. The van der Waals surface area contributed by atoms with Gasteiger partial charge in [0.15, 0.2) is 0 Å². The number of rotatable bonds is 11. The van der Waals surface area contributed by atoms with E-state index in [0.717, 1.165) is 39.1 Å². The smallest absolute Gasteiger partial charge is 0.416 e. The first kappa shape index (κ1) is 31.0. The molecule has 0 bridgehead atoms. The highest BCUT2D eigenvalue weighted by Gasteiger charge is 2.35. The number of ether oxygens (including phenoxy) is 1. The maximum absolute atomic E-state index is 14.8. The Morgan fingerprint density at radius 3 is 2.38 bits per heavy atom. The van der Waals surface area contributed by atoms with Crippen LogP contribution in [0.1, 0.15) is 29.2 Å². The highest BCUT2D eigenvalue weighted by Crippen LogP contribution is 2.35. The fraction of sp³-hybridized carbons (Fsp3) is 0.267. The van der Waals surface area contributed by atoms with Crippen LogP contribution in [0.3, 0.4) is 0 Å². The number of nitrogens with zero attached hydrogens (tertiary/aromatic N) is 2. The topological polar surface area (TPSA) is 91.3 Å². The van der Waals surface area contributed by atoms with Gasteiger partial charge in [-0.05, 0) is 43.3 Å². The van der Waals surface area contributed by atoms with Gasteiger partial charge in [0.2, 0.25) is 0 Å². The van der Waals surface area contributed by atoms with Crippen molar-refractivity contribution < 1.29 is 22.3 Å². The zero-order valence-corrected chi connectivity index (χ0v) is 23.4. The van der Waals surface area contributed by atoms with Crippen LogP contribution in [0, 0.1) is 5.82 Å². The molecule has 0 saturated carbocycles. The average molecular weight is 605 g/mol. The Labute approximate surface area is 244 Å². The molecule has 4 rings (SSSR count). The van der Waals surface area contributed by atoms with Gasteiger partial charge in [-0.2, -0.15) is 13.2 Å². The van der Waals surface area contributed by atoms with E-state index in [1.807, 2.05) is 18.2 Å². The van der Waals surface area contributed by atoms with Crippen molar-refractivity contribution in [1.82, 2.24) is 14.5 Å². The highest BCUT2D eigenvalue weighted by atomic mass is 35.5. The number of nitrogens with one attached hydrogen (secondary N) is 1. The molecule has 222 valence electrons. The van der Waals surface area contributed by atoms with Crippen molar-refractivity contribution in [3.63, 3.8) is 0 Å². The number of benzene rings is 3. The van der Waals surface area contributed by atoms with Crippen molar-refractivity contribution in [2.24, 2.45) is 5.73 Å². The van der Waals surface area contributed by atoms with Crippen LogP contribution in [0.25, 0.3) is 11.1 Å². The van der Waals surface area contributed by atoms with E-state index < -0.39 is 47.0 Å². The molecule has 0 amide bonds. The SMILES string of the molecule is COc1cccc(-c2cn(Cc3c(F)cccc3C(F)(F)F)c(=O)n(CC(NCCCN)c3ccccc3)c2=O)c1Cl. The summed E-state index contributed by atoms with van der Waals surface area (Å²) >= 11 is 6.52. The molecule has 12 heteroatoms. The van der Waals surface area contributed by atoms with Gasteiger partial charge in [0.1, 0.15) is 11.6 Å². The van der Waals surface area contributed by atoms with E-state index in [2.05, 4.69) is 5.32 Å². The fourth-order valence-corrected chi connectivity index (χ4v) is 4.98. The minimum atomic E-state index is -4.88. The monoisotopic (exact) mass is 604 g/mol. The molecule has 0 radical (unpaired) electrons. The summed E-state index contributed by atoms with van der Waals surface area (Å²) in [5.41, 5.74) is 2.93. The second-order valence-corrected chi connectivity index (χ2v) is 9.89. The lowest BCUT2D eigenvalue weighted by Crippen LogP contribution is -2.43. The third-order valence-corrected chi connectivity index (χ3v) is 7.19.